The van der Waals surface area contributed by atoms with Crippen LogP contribution in [0.15, 0.2) is 79.0 Å². The Kier molecular flexibility index (Phi) is 8.75. The van der Waals surface area contributed by atoms with Gasteiger partial charge in [-0.1, -0.05) is 11.6 Å². The molecule has 0 bridgehead atoms. The van der Waals surface area contributed by atoms with Crippen LogP contribution in [-0.2, 0) is 30.2 Å². The first kappa shape index (κ1) is 22.2. The molecule has 0 atom stereocenters. The van der Waals surface area contributed by atoms with Crippen LogP contribution < -0.4 is 5.32 Å². The van der Waals surface area contributed by atoms with Crippen molar-refractivity contribution < 1.29 is 17.1 Å². The standard InChI is InChI=1S/C18H19ClN3.C5H5.Fe/c1-22(2)12-14-5-3-4-13(14)11-21-17-8-9-20-18-10-15(19)6-7-16(17)18;1-2-4-5-3-1;/h3-10H,11-12H2,1-2H3,(H,20,21);1-5H;/q2*-1;+2. The van der Waals surface area contributed by atoms with Crippen molar-refractivity contribution in [3.05, 3.63) is 95.1 Å². The SMILES string of the molecule is CN(C)Cc1ccc[c-]1CNc1ccnc2cc(Cl)ccc12.[Fe+2].c1cc[cH-]c1. The van der Waals surface area contributed by atoms with Gasteiger partial charge in [-0.15, -0.1) is 11.1 Å². The van der Waals surface area contributed by atoms with Crippen LogP contribution in [0.25, 0.3) is 10.9 Å². The Labute approximate surface area is 182 Å². The monoisotopic (exact) mass is 433 g/mol. The topological polar surface area (TPSA) is 28.2 Å². The van der Waals surface area contributed by atoms with Crippen LogP contribution in [0, 0.1) is 0 Å². The van der Waals surface area contributed by atoms with Gasteiger partial charge in [-0.05, 0) is 51.5 Å². The number of hydrogen-bond donors (Lipinski definition) is 1. The van der Waals surface area contributed by atoms with Crippen molar-refractivity contribution in [3.8, 4) is 0 Å². The molecule has 1 aromatic heterocycles. The van der Waals surface area contributed by atoms with E-state index in [4.69, 9.17) is 11.6 Å². The Hall–Kier alpha value is -2.10. The second kappa shape index (κ2) is 11.0. The van der Waals surface area contributed by atoms with Crippen molar-refractivity contribution in [2.45, 2.75) is 13.1 Å². The number of aromatic nitrogens is 1. The van der Waals surface area contributed by atoms with E-state index in [0.717, 1.165) is 29.7 Å². The van der Waals surface area contributed by atoms with Gasteiger partial charge in [-0.2, -0.15) is 24.3 Å². The van der Waals surface area contributed by atoms with Crippen LogP contribution in [0.1, 0.15) is 11.1 Å². The van der Waals surface area contributed by atoms with Gasteiger partial charge in [0, 0.05) is 22.3 Å². The third-order valence-electron chi connectivity index (χ3n) is 4.22. The number of anilines is 1. The first-order valence-corrected chi connectivity index (χ1v) is 9.34. The molecule has 3 nitrogen and oxygen atoms in total. The van der Waals surface area contributed by atoms with Gasteiger partial charge in [0.05, 0.1) is 5.52 Å². The summed E-state index contributed by atoms with van der Waals surface area (Å²) >= 11 is 6.03. The molecule has 1 heterocycles. The van der Waals surface area contributed by atoms with E-state index >= 15 is 0 Å². The van der Waals surface area contributed by atoms with Crippen LogP contribution in [0.2, 0.25) is 5.02 Å². The molecule has 0 aliphatic heterocycles. The number of hydrogen-bond acceptors (Lipinski definition) is 3. The van der Waals surface area contributed by atoms with Gasteiger partial charge in [-0.25, -0.2) is 24.3 Å². The summed E-state index contributed by atoms with van der Waals surface area (Å²) in [4.78, 5) is 6.56. The maximum absolute atomic E-state index is 6.03. The predicted octanol–water partition coefficient (Wildman–Crippen LogP) is 5.68. The van der Waals surface area contributed by atoms with Crippen LogP contribution in [0.3, 0.4) is 0 Å². The van der Waals surface area contributed by atoms with Crippen molar-refractivity contribution in [3.63, 3.8) is 0 Å². The van der Waals surface area contributed by atoms with E-state index < -0.39 is 0 Å². The third-order valence-corrected chi connectivity index (χ3v) is 4.46. The van der Waals surface area contributed by atoms with E-state index in [1.54, 1.807) is 0 Å². The number of nitrogens with zero attached hydrogens (tertiary/aromatic N) is 2. The quantitative estimate of drug-likeness (QED) is 0.324. The molecule has 4 aromatic rings. The minimum Gasteiger partial charge on any atom is -0.392 e. The Morgan fingerprint density at radius 3 is 2.57 bits per heavy atom. The molecule has 4 rings (SSSR count). The summed E-state index contributed by atoms with van der Waals surface area (Å²) in [6.45, 7) is 1.76. The number of pyridine rings is 1. The molecule has 0 saturated heterocycles. The zero-order valence-electron chi connectivity index (χ0n) is 16.0. The summed E-state index contributed by atoms with van der Waals surface area (Å²) in [7, 11) is 4.18. The summed E-state index contributed by atoms with van der Waals surface area (Å²) in [5.41, 5.74) is 4.68. The molecule has 0 unspecified atom stereocenters. The van der Waals surface area contributed by atoms with E-state index in [0.29, 0.717) is 5.02 Å². The summed E-state index contributed by atoms with van der Waals surface area (Å²) in [6, 6.07) is 24.3. The fourth-order valence-corrected chi connectivity index (χ4v) is 3.11. The van der Waals surface area contributed by atoms with Gasteiger partial charge in [0.2, 0.25) is 0 Å². The molecule has 0 aliphatic rings. The van der Waals surface area contributed by atoms with Crippen LogP contribution in [-0.4, -0.2) is 24.0 Å². The Bertz CT molecular complexity index is 944. The molecule has 3 aromatic carbocycles. The summed E-state index contributed by atoms with van der Waals surface area (Å²) in [5.74, 6) is 0. The second-order valence-corrected chi connectivity index (χ2v) is 7.09. The van der Waals surface area contributed by atoms with Crippen LogP contribution in [0.4, 0.5) is 5.69 Å². The van der Waals surface area contributed by atoms with Crippen molar-refractivity contribution in [1.82, 2.24) is 9.88 Å². The average molecular weight is 434 g/mol. The van der Waals surface area contributed by atoms with Gasteiger partial charge >= 0.3 is 17.1 Å². The van der Waals surface area contributed by atoms with Gasteiger partial charge in [0.1, 0.15) is 0 Å². The molecule has 5 heteroatoms. The Balaban J connectivity index is 0.000000408. The van der Waals surface area contributed by atoms with E-state index in [-0.39, 0.29) is 17.1 Å². The normalized spacial score (nSPS) is 10.3. The first-order valence-electron chi connectivity index (χ1n) is 8.96. The molecule has 0 radical (unpaired) electrons. The molecule has 1 N–H and O–H groups in total. The van der Waals surface area contributed by atoms with E-state index in [1.807, 2.05) is 60.8 Å². The zero-order chi connectivity index (χ0) is 19.1. The molecule has 0 saturated carbocycles. The predicted molar refractivity (Wildman–Crippen MR) is 116 cm³/mol. The summed E-state index contributed by atoms with van der Waals surface area (Å²) < 4.78 is 0. The van der Waals surface area contributed by atoms with E-state index in [1.165, 1.54) is 11.1 Å². The minimum atomic E-state index is 0. The molecule has 28 heavy (non-hydrogen) atoms. The molecule has 146 valence electrons. The number of fused-ring (bicyclic) bond motifs is 1. The van der Waals surface area contributed by atoms with E-state index in [9.17, 15) is 0 Å². The molecular weight excluding hydrogens is 410 g/mol. The van der Waals surface area contributed by atoms with Crippen molar-refractivity contribution in [2.24, 2.45) is 0 Å². The number of benzene rings is 1. The molecule has 0 fully saturated rings. The third kappa shape index (κ3) is 6.22. The summed E-state index contributed by atoms with van der Waals surface area (Å²) in [5, 5.41) is 5.32. The summed E-state index contributed by atoms with van der Waals surface area (Å²) in [6.07, 6.45) is 1.81. The van der Waals surface area contributed by atoms with Crippen molar-refractivity contribution in [2.75, 3.05) is 19.4 Å². The van der Waals surface area contributed by atoms with Crippen LogP contribution in [0.5, 0.6) is 0 Å². The molecule has 0 amide bonds. The Morgan fingerprint density at radius 2 is 1.89 bits per heavy atom. The number of halogens is 1. The molecule has 0 aliphatic carbocycles. The van der Waals surface area contributed by atoms with Gasteiger partial charge in [-0.3, -0.25) is 4.98 Å². The fourth-order valence-electron chi connectivity index (χ4n) is 2.95. The number of rotatable bonds is 5. The molecular formula is C23H24ClFeN3. The van der Waals surface area contributed by atoms with Gasteiger partial charge in [0.15, 0.2) is 0 Å². The van der Waals surface area contributed by atoms with E-state index in [2.05, 4.69) is 47.5 Å². The largest absolute Gasteiger partial charge is 2.00 e. The number of nitrogens with one attached hydrogen (secondary N) is 1. The van der Waals surface area contributed by atoms with Crippen LogP contribution >= 0.6 is 11.6 Å². The van der Waals surface area contributed by atoms with Gasteiger partial charge < -0.3 is 10.2 Å². The maximum Gasteiger partial charge on any atom is 2.00 e. The second-order valence-electron chi connectivity index (χ2n) is 6.65. The average Bonchev–Trinajstić information content (AvgIpc) is 3.34. The minimum absolute atomic E-state index is 0. The smallest absolute Gasteiger partial charge is 0.392 e. The Morgan fingerprint density at radius 1 is 1.11 bits per heavy atom. The van der Waals surface area contributed by atoms with Crippen molar-refractivity contribution in [1.29, 1.82) is 0 Å². The molecule has 0 spiro atoms. The van der Waals surface area contributed by atoms with Gasteiger partial charge in [0.25, 0.3) is 0 Å². The zero-order valence-corrected chi connectivity index (χ0v) is 17.9. The fraction of sp³-hybridized carbons (Fsp3) is 0.174. The van der Waals surface area contributed by atoms with Crippen molar-refractivity contribution >= 4 is 28.2 Å². The maximum atomic E-state index is 6.03. The first-order chi connectivity index (χ1) is 13.1.